The van der Waals surface area contributed by atoms with E-state index < -0.39 is 0 Å². The van der Waals surface area contributed by atoms with Crippen LogP contribution in [0.3, 0.4) is 0 Å². The monoisotopic (exact) mass is 421 g/mol. The maximum atomic E-state index is 12.6. The van der Waals surface area contributed by atoms with E-state index in [1.807, 2.05) is 45.0 Å². The van der Waals surface area contributed by atoms with Crippen LogP contribution in [0.2, 0.25) is 0 Å². The predicted molar refractivity (Wildman–Crippen MR) is 104 cm³/mol. The Morgan fingerprint density at radius 2 is 2.12 bits per heavy atom. The number of halogens is 1. The lowest BCUT2D eigenvalue weighted by atomic mass is 9.92. The lowest BCUT2D eigenvalue weighted by Gasteiger charge is -2.26. The van der Waals surface area contributed by atoms with Crippen LogP contribution in [-0.2, 0) is 16.8 Å². The van der Waals surface area contributed by atoms with Gasteiger partial charge in [-0.1, -0.05) is 54.5 Å². The maximum Gasteiger partial charge on any atom is 0.254 e. The summed E-state index contributed by atoms with van der Waals surface area (Å²) in [5.41, 5.74) is 1.25. The number of anilines is 1. The Balaban J connectivity index is 1.79. The van der Waals surface area contributed by atoms with E-state index in [0.717, 1.165) is 15.9 Å². The van der Waals surface area contributed by atoms with Crippen molar-refractivity contribution in [2.75, 3.05) is 11.1 Å². The van der Waals surface area contributed by atoms with Crippen LogP contribution in [0.1, 0.15) is 26.5 Å². The standard InChI is InChI=1S/C18H20BrN3O2S/c1-18(2,3)14-8-15(23)22-9-11(10-25-17(22)21-14)16(24)20-13-6-4-5-12(19)7-13/h4-8,11H,9-10H2,1-3H3,(H,20,24). The molecule has 0 radical (unpaired) electrons. The zero-order chi connectivity index (χ0) is 18.2. The molecule has 1 unspecified atom stereocenters. The van der Waals surface area contributed by atoms with Crippen LogP contribution in [0.5, 0.6) is 0 Å². The third kappa shape index (κ3) is 4.15. The van der Waals surface area contributed by atoms with Crippen molar-refractivity contribution < 1.29 is 4.79 Å². The number of fused-ring (bicyclic) bond motifs is 1. The molecule has 1 aromatic heterocycles. The smallest absolute Gasteiger partial charge is 0.254 e. The van der Waals surface area contributed by atoms with Crippen LogP contribution in [0.15, 0.2) is 44.8 Å². The van der Waals surface area contributed by atoms with Crippen molar-refractivity contribution in [2.45, 2.75) is 37.9 Å². The topological polar surface area (TPSA) is 64.0 Å². The lowest BCUT2D eigenvalue weighted by molar-refractivity contribution is -0.119. The lowest BCUT2D eigenvalue weighted by Crippen LogP contribution is -2.37. The van der Waals surface area contributed by atoms with E-state index in [9.17, 15) is 9.59 Å². The molecule has 2 aromatic rings. The Kier molecular flexibility index (Phi) is 5.06. The fourth-order valence-electron chi connectivity index (χ4n) is 2.56. The number of thioether (sulfide) groups is 1. The van der Waals surface area contributed by atoms with E-state index in [1.165, 1.54) is 11.8 Å². The Labute approximate surface area is 159 Å². The summed E-state index contributed by atoms with van der Waals surface area (Å²) in [7, 11) is 0. The average molecular weight is 422 g/mol. The number of hydrogen-bond acceptors (Lipinski definition) is 4. The number of benzene rings is 1. The van der Waals surface area contributed by atoms with Gasteiger partial charge in [-0.25, -0.2) is 4.98 Å². The zero-order valence-corrected chi connectivity index (χ0v) is 16.8. The van der Waals surface area contributed by atoms with E-state index in [2.05, 4.69) is 26.2 Å². The van der Waals surface area contributed by atoms with Gasteiger partial charge in [-0.15, -0.1) is 0 Å². The number of rotatable bonds is 2. The molecule has 2 heterocycles. The molecule has 0 spiro atoms. The third-order valence-electron chi connectivity index (χ3n) is 4.02. The molecule has 1 amide bonds. The van der Waals surface area contributed by atoms with Gasteiger partial charge in [-0.3, -0.25) is 14.2 Å². The summed E-state index contributed by atoms with van der Waals surface area (Å²) < 4.78 is 2.51. The molecule has 1 N–H and O–H groups in total. The van der Waals surface area contributed by atoms with Gasteiger partial charge in [-0.05, 0) is 18.2 Å². The van der Waals surface area contributed by atoms with Gasteiger partial charge in [0.15, 0.2) is 5.16 Å². The van der Waals surface area contributed by atoms with Crippen molar-refractivity contribution in [2.24, 2.45) is 5.92 Å². The minimum absolute atomic E-state index is 0.0805. The fraction of sp³-hybridized carbons (Fsp3) is 0.389. The Morgan fingerprint density at radius 3 is 2.80 bits per heavy atom. The van der Waals surface area contributed by atoms with Crippen LogP contribution in [0.25, 0.3) is 0 Å². The van der Waals surface area contributed by atoms with Crippen LogP contribution < -0.4 is 10.9 Å². The highest BCUT2D eigenvalue weighted by atomic mass is 79.9. The Bertz CT molecular complexity index is 873. The van der Waals surface area contributed by atoms with Crippen molar-refractivity contribution in [3.8, 4) is 0 Å². The summed E-state index contributed by atoms with van der Waals surface area (Å²) in [6, 6.07) is 9.05. The first-order chi connectivity index (χ1) is 11.7. The third-order valence-corrected chi connectivity index (χ3v) is 5.65. The summed E-state index contributed by atoms with van der Waals surface area (Å²) in [5, 5.41) is 3.62. The molecule has 1 aromatic carbocycles. The van der Waals surface area contributed by atoms with Crippen molar-refractivity contribution in [1.29, 1.82) is 0 Å². The molecule has 0 aliphatic carbocycles. The van der Waals surface area contributed by atoms with Crippen LogP contribution >= 0.6 is 27.7 Å². The van der Waals surface area contributed by atoms with Gasteiger partial charge in [0.2, 0.25) is 5.91 Å². The number of hydrogen-bond donors (Lipinski definition) is 1. The highest BCUT2D eigenvalue weighted by Gasteiger charge is 2.28. The number of amides is 1. The van der Waals surface area contributed by atoms with Crippen molar-refractivity contribution >= 4 is 39.3 Å². The first kappa shape index (κ1) is 18.2. The van der Waals surface area contributed by atoms with Crippen molar-refractivity contribution in [3.05, 3.63) is 50.9 Å². The number of carbonyl (C=O) groups excluding carboxylic acids is 1. The first-order valence-electron chi connectivity index (χ1n) is 8.05. The highest BCUT2D eigenvalue weighted by molar-refractivity contribution is 9.10. The van der Waals surface area contributed by atoms with E-state index in [0.29, 0.717) is 17.5 Å². The number of aromatic nitrogens is 2. The van der Waals surface area contributed by atoms with E-state index in [4.69, 9.17) is 0 Å². The number of nitrogens with one attached hydrogen (secondary N) is 1. The summed E-state index contributed by atoms with van der Waals surface area (Å²) >= 11 is 4.86. The second kappa shape index (κ2) is 6.96. The molecular weight excluding hydrogens is 402 g/mol. The second-order valence-electron chi connectivity index (χ2n) is 7.13. The average Bonchev–Trinajstić information content (AvgIpc) is 2.53. The molecule has 1 aliphatic heterocycles. The molecule has 0 saturated heterocycles. The first-order valence-corrected chi connectivity index (χ1v) is 9.83. The fourth-order valence-corrected chi connectivity index (χ4v) is 4.05. The molecule has 0 fully saturated rings. The van der Waals surface area contributed by atoms with Gasteiger partial charge in [0.1, 0.15) is 0 Å². The van der Waals surface area contributed by atoms with Gasteiger partial charge >= 0.3 is 0 Å². The molecular formula is C18H20BrN3O2S. The molecule has 0 saturated carbocycles. The van der Waals surface area contributed by atoms with Gasteiger partial charge < -0.3 is 5.32 Å². The Hall–Kier alpha value is -1.60. The van der Waals surface area contributed by atoms with Crippen LogP contribution in [0.4, 0.5) is 5.69 Å². The second-order valence-corrected chi connectivity index (χ2v) is 9.03. The molecule has 0 bridgehead atoms. The maximum absolute atomic E-state index is 12.6. The summed E-state index contributed by atoms with van der Waals surface area (Å²) in [4.78, 5) is 29.6. The zero-order valence-electron chi connectivity index (χ0n) is 14.4. The highest BCUT2D eigenvalue weighted by Crippen LogP contribution is 2.28. The van der Waals surface area contributed by atoms with E-state index in [-0.39, 0.29) is 22.8 Å². The molecule has 3 rings (SSSR count). The summed E-state index contributed by atoms with van der Waals surface area (Å²) in [5.74, 6) is 0.263. The number of nitrogens with zero attached hydrogens (tertiary/aromatic N) is 2. The van der Waals surface area contributed by atoms with Crippen LogP contribution in [0, 0.1) is 5.92 Å². The van der Waals surface area contributed by atoms with Gasteiger partial charge in [0.05, 0.1) is 11.6 Å². The normalized spacial score (nSPS) is 17.0. The summed E-state index contributed by atoms with van der Waals surface area (Å²) in [6.45, 7) is 6.47. The molecule has 1 aliphatic rings. The van der Waals surface area contributed by atoms with Gasteiger partial charge in [0.25, 0.3) is 5.56 Å². The number of carbonyl (C=O) groups is 1. The van der Waals surface area contributed by atoms with Crippen molar-refractivity contribution in [3.63, 3.8) is 0 Å². The summed E-state index contributed by atoms with van der Waals surface area (Å²) in [6.07, 6.45) is 0. The molecule has 5 nitrogen and oxygen atoms in total. The van der Waals surface area contributed by atoms with E-state index >= 15 is 0 Å². The van der Waals surface area contributed by atoms with Crippen LogP contribution in [-0.4, -0.2) is 21.2 Å². The largest absolute Gasteiger partial charge is 0.326 e. The minimum Gasteiger partial charge on any atom is -0.326 e. The SMILES string of the molecule is CC(C)(C)c1cc(=O)n2c(n1)SCC(C(=O)Nc1cccc(Br)c1)C2. The minimum atomic E-state index is -0.267. The van der Waals surface area contributed by atoms with Crippen molar-refractivity contribution in [1.82, 2.24) is 9.55 Å². The van der Waals surface area contributed by atoms with Gasteiger partial charge in [0, 0.05) is 33.9 Å². The Morgan fingerprint density at radius 1 is 1.36 bits per heavy atom. The quantitative estimate of drug-likeness (QED) is 0.751. The predicted octanol–water partition coefficient (Wildman–Crippen LogP) is 3.66. The molecule has 1 atom stereocenters. The molecule has 7 heteroatoms. The van der Waals surface area contributed by atoms with E-state index in [1.54, 1.807) is 10.6 Å². The molecule has 132 valence electrons. The van der Waals surface area contributed by atoms with Gasteiger partial charge in [-0.2, -0.15) is 0 Å². The molecule has 25 heavy (non-hydrogen) atoms.